The van der Waals surface area contributed by atoms with Crippen LogP contribution in [0.25, 0.3) is 0 Å². The SMILES string of the molecule is O=S(=O)(/C=C/CCCc1ncccn1)N1CCN(c2ccc(C#Cc3ccc(F)cc3)cn2)CC1. The van der Waals surface area contributed by atoms with Crippen molar-refractivity contribution < 1.29 is 12.8 Å². The number of anilines is 1. The summed E-state index contributed by atoms with van der Waals surface area (Å²) < 4.78 is 39.8. The van der Waals surface area contributed by atoms with Crippen LogP contribution in [0.15, 0.2) is 72.5 Å². The molecule has 4 rings (SSSR count). The summed E-state index contributed by atoms with van der Waals surface area (Å²) in [7, 11) is -3.44. The Morgan fingerprint density at radius 3 is 2.29 bits per heavy atom. The fourth-order valence-corrected chi connectivity index (χ4v) is 4.83. The molecule has 0 spiro atoms. The number of aromatic nitrogens is 3. The van der Waals surface area contributed by atoms with Gasteiger partial charge in [0, 0.05) is 67.7 Å². The zero-order valence-electron chi connectivity index (χ0n) is 19.2. The van der Waals surface area contributed by atoms with Gasteiger partial charge in [-0.3, -0.25) is 0 Å². The minimum Gasteiger partial charge on any atom is -0.354 e. The molecule has 7 nitrogen and oxygen atoms in total. The Balaban J connectivity index is 1.25. The summed E-state index contributed by atoms with van der Waals surface area (Å²) in [5.74, 6) is 7.26. The van der Waals surface area contributed by atoms with E-state index < -0.39 is 10.0 Å². The summed E-state index contributed by atoms with van der Waals surface area (Å²) in [6.07, 6.45) is 8.97. The normalized spacial score (nSPS) is 14.6. The number of hydrogen-bond acceptors (Lipinski definition) is 6. The molecule has 0 aliphatic carbocycles. The van der Waals surface area contributed by atoms with Gasteiger partial charge in [0.2, 0.25) is 10.0 Å². The van der Waals surface area contributed by atoms with Crippen molar-refractivity contribution in [2.24, 2.45) is 0 Å². The lowest BCUT2D eigenvalue weighted by Gasteiger charge is -2.34. The second-order valence-corrected chi connectivity index (χ2v) is 9.84. The number of pyridine rings is 1. The van der Waals surface area contributed by atoms with Crippen LogP contribution < -0.4 is 4.90 Å². The first-order valence-corrected chi connectivity index (χ1v) is 12.9. The molecule has 0 saturated carbocycles. The first kappa shape index (κ1) is 24.5. The predicted molar refractivity (Wildman–Crippen MR) is 133 cm³/mol. The number of benzene rings is 1. The Kier molecular flexibility index (Phi) is 8.19. The first-order valence-electron chi connectivity index (χ1n) is 11.4. The smallest absolute Gasteiger partial charge is 0.236 e. The maximum absolute atomic E-state index is 13.0. The molecule has 1 saturated heterocycles. The fraction of sp³-hybridized carbons (Fsp3) is 0.269. The van der Waals surface area contributed by atoms with Crippen LogP contribution >= 0.6 is 0 Å². The molecule has 0 radical (unpaired) electrons. The third-order valence-corrected chi connectivity index (χ3v) is 7.15. The minimum atomic E-state index is -3.44. The Morgan fingerprint density at radius 2 is 1.60 bits per heavy atom. The number of aryl methyl sites for hydroxylation is 1. The van der Waals surface area contributed by atoms with Crippen molar-refractivity contribution in [1.82, 2.24) is 19.3 Å². The second kappa shape index (κ2) is 11.7. The highest BCUT2D eigenvalue weighted by molar-refractivity contribution is 7.92. The van der Waals surface area contributed by atoms with Gasteiger partial charge >= 0.3 is 0 Å². The van der Waals surface area contributed by atoms with Crippen LogP contribution in [0.4, 0.5) is 10.2 Å². The largest absolute Gasteiger partial charge is 0.354 e. The number of hydrogen-bond donors (Lipinski definition) is 0. The molecule has 2 aromatic heterocycles. The van der Waals surface area contributed by atoms with Crippen molar-refractivity contribution in [3.63, 3.8) is 0 Å². The summed E-state index contributed by atoms with van der Waals surface area (Å²) in [6.45, 7) is 1.93. The third-order valence-electron chi connectivity index (χ3n) is 5.52. The highest BCUT2D eigenvalue weighted by Gasteiger charge is 2.25. The standard InChI is InChI=1S/C26H26FN5O2S/c27-24-11-8-22(9-12-24)6-7-23-10-13-26(30-21-23)31-16-18-32(19-17-31)35(33,34)20-3-1-2-5-25-28-14-4-15-29-25/h3-4,8-15,20-21H,1-2,5,16-19H2/b20-3+. The Labute approximate surface area is 205 Å². The molecule has 35 heavy (non-hydrogen) atoms. The van der Waals surface area contributed by atoms with Gasteiger partial charge in [0.25, 0.3) is 0 Å². The van der Waals surface area contributed by atoms with Crippen LogP contribution in [0.1, 0.15) is 29.8 Å². The van der Waals surface area contributed by atoms with E-state index in [2.05, 4.69) is 31.7 Å². The van der Waals surface area contributed by atoms with E-state index in [1.54, 1.807) is 42.9 Å². The number of sulfonamides is 1. The van der Waals surface area contributed by atoms with Gasteiger partial charge in [0.15, 0.2) is 0 Å². The summed E-state index contributed by atoms with van der Waals surface area (Å²) >= 11 is 0. The predicted octanol–water partition coefficient (Wildman–Crippen LogP) is 3.40. The van der Waals surface area contributed by atoms with E-state index in [9.17, 15) is 12.8 Å². The average molecular weight is 492 g/mol. The quantitative estimate of drug-likeness (QED) is 0.372. The molecule has 1 aliphatic heterocycles. The zero-order chi connectivity index (χ0) is 24.5. The van der Waals surface area contributed by atoms with E-state index in [0.717, 1.165) is 29.2 Å². The topological polar surface area (TPSA) is 79.3 Å². The van der Waals surface area contributed by atoms with Gasteiger partial charge in [-0.1, -0.05) is 17.9 Å². The molecule has 0 N–H and O–H groups in total. The van der Waals surface area contributed by atoms with Crippen LogP contribution in [0, 0.1) is 17.7 Å². The van der Waals surface area contributed by atoms with Crippen molar-refractivity contribution in [2.45, 2.75) is 19.3 Å². The van der Waals surface area contributed by atoms with E-state index in [4.69, 9.17) is 0 Å². The highest BCUT2D eigenvalue weighted by atomic mass is 32.2. The number of unbranched alkanes of at least 4 members (excludes halogenated alkanes) is 1. The van der Waals surface area contributed by atoms with E-state index in [-0.39, 0.29) is 5.82 Å². The molecule has 1 aromatic carbocycles. The highest BCUT2D eigenvalue weighted by Crippen LogP contribution is 2.16. The zero-order valence-corrected chi connectivity index (χ0v) is 20.0. The van der Waals surface area contributed by atoms with Crippen molar-refractivity contribution >= 4 is 15.8 Å². The van der Waals surface area contributed by atoms with Crippen molar-refractivity contribution in [3.8, 4) is 11.8 Å². The lowest BCUT2D eigenvalue weighted by molar-refractivity contribution is 0.388. The molecule has 0 unspecified atom stereocenters. The van der Waals surface area contributed by atoms with Gasteiger partial charge in [0.1, 0.15) is 17.5 Å². The summed E-state index contributed by atoms with van der Waals surface area (Å²) in [5, 5.41) is 1.31. The number of halogens is 1. The molecule has 3 aromatic rings. The number of nitrogens with zero attached hydrogens (tertiary/aromatic N) is 5. The van der Waals surface area contributed by atoms with Crippen LogP contribution in [0.5, 0.6) is 0 Å². The van der Waals surface area contributed by atoms with Crippen molar-refractivity contribution in [1.29, 1.82) is 0 Å². The molecule has 0 bridgehead atoms. The van der Waals surface area contributed by atoms with Gasteiger partial charge in [-0.2, -0.15) is 4.31 Å². The first-order chi connectivity index (χ1) is 17.0. The van der Waals surface area contributed by atoms with Gasteiger partial charge in [-0.15, -0.1) is 0 Å². The third kappa shape index (κ3) is 7.18. The molecule has 180 valence electrons. The van der Waals surface area contributed by atoms with Gasteiger partial charge in [-0.25, -0.2) is 27.8 Å². The maximum Gasteiger partial charge on any atom is 0.236 e. The molecule has 3 heterocycles. The van der Waals surface area contributed by atoms with Crippen molar-refractivity contribution in [2.75, 3.05) is 31.1 Å². The average Bonchev–Trinajstić information content (AvgIpc) is 2.89. The summed E-state index contributed by atoms with van der Waals surface area (Å²) in [6, 6.07) is 11.6. The summed E-state index contributed by atoms with van der Waals surface area (Å²) in [4.78, 5) is 14.9. The maximum atomic E-state index is 13.0. The number of piperazine rings is 1. The molecule has 9 heteroatoms. The Bertz CT molecular complexity index is 1290. The van der Waals surface area contributed by atoms with Gasteiger partial charge in [-0.05, 0) is 55.3 Å². The molecule has 0 amide bonds. The Morgan fingerprint density at radius 1 is 0.914 bits per heavy atom. The van der Waals surface area contributed by atoms with Gasteiger partial charge in [0.05, 0.1) is 0 Å². The van der Waals surface area contributed by atoms with E-state index >= 15 is 0 Å². The molecular formula is C26H26FN5O2S. The molecular weight excluding hydrogens is 465 g/mol. The second-order valence-electron chi connectivity index (χ2n) is 8.02. The lowest BCUT2D eigenvalue weighted by Crippen LogP contribution is -2.48. The van der Waals surface area contributed by atoms with Crippen LogP contribution in [-0.4, -0.2) is 53.9 Å². The lowest BCUT2D eigenvalue weighted by atomic mass is 10.2. The summed E-state index contributed by atoms with van der Waals surface area (Å²) in [5.41, 5.74) is 1.48. The molecule has 0 atom stereocenters. The fourth-order valence-electron chi connectivity index (χ4n) is 3.61. The van der Waals surface area contributed by atoms with E-state index in [1.807, 2.05) is 12.1 Å². The van der Waals surface area contributed by atoms with Crippen molar-refractivity contribution in [3.05, 3.63) is 95.3 Å². The van der Waals surface area contributed by atoms with Crippen LogP contribution in [0.3, 0.4) is 0 Å². The number of allylic oxidation sites excluding steroid dienone is 1. The van der Waals surface area contributed by atoms with Crippen LogP contribution in [-0.2, 0) is 16.4 Å². The Hall–Kier alpha value is -3.61. The van der Waals surface area contributed by atoms with Gasteiger partial charge < -0.3 is 4.90 Å². The molecule has 1 aliphatic rings. The monoisotopic (exact) mass is 491 g/mol. The molecule has 1 fully saturated rings. The number of rotatable bonds is 7. The van der Waals surface area contributed by atoms with E-state index in [1.165, 1.54) is 21.8 Å². The van der Waals surface area contributed by atoms with E-state index in [0.29, 0.717) is 39.0 Å². The van der Waals surface area contributed by atoms with Crippen LogP contribution in [0.2, 0.25) is 0 Å². The minimum absolute atomic E-state index is 0.292.